The van der Waals surface area contributed by atoms with Gasteiger partial charge in [-0.3, -0.25) is 14.3 Å². The lowest BCUT2D eigenvalue weighted by atomic mass is 10.0. The highest BCUT2D eigenvalue weighted by molar-refractivity contribution is 6.30. The van der Waals surface area contributed by atoms with E-state index >= 15 is 0 Å². The van der Waals surface area contributed by atoms with Crippen molar-refractivity contribution in [2.24, 2.45) is 0 Å². The molecule has 0 bridgehead atoms. The van der Waals surface area contributed by atoms with E-state index in [2.05, 4.69) is 21.9 Å². The fourth-order valence-electron chi connectivity index (χ4n) is 4.09. The third-order valence-electron chi connectivity index (χ3n) is 5.87. The third kappa shape index (κ3) is 4.07. The number of rotatable bonds is 5. The van der Waals surface area contributed by atoms with E-state index in [9.17, 15) is 9.59 Å². The molecule has 1 aromatic heterocycles. The van der Waals surface area contributed by atoms with E-state index in [1.807, 2.05) is 18.2 Å². The van der Waals surface area contributed by atoms with Gasteiger partial charge in [0.25, 0.3) is 0 Å². The summed E-state index contributed by atoms with van der Waals surface area (Å²) in [7, 11) is 0. The lowest BCUT2D eigenvalue weighted by Crippen LogP contribution is -2.47. The number of anilines is 1. The van der Waals surface area contributed by atoms with Crippen LogP contribution in [0.15, 0.2) is 82.0 Å². The first-order chi connectivity index (χ1) is 15.6. The standard InChI is InChI=1S/C25H22ClN3O3/c26-20-9-6-18(7-10-20)24(30)19-8-11-23-22(16-19)29(25(31)32-23)17-27-12-14-28(15-13-27)21-4-2-1-3-5-21/h1-11,16H,12-15,17H2. The average molecular weight is 448 g/mol. The number of carbonyl (C=O) groups is 1. The summed E-state index contributed by atoms with van der Waals surface area (Å²) in [4.78, 5) is 30.0. The second-order valence-corrected chi connectivity index (χ2v) is 8.33. The number of carbonyl (C=O) groups excluding carboxylic acids is 1. The Hall–Kier alpha value is -3.35. The quantitative estimate of drug-likeness (QED) is 0.428. The predicted molar refractivity (Wildman–Crippen MR) is 126 cm³/mol. The number of benzene rings is 3. The highest BCUT2D eigenvalue weighted by Crippen LogP contribution is 2.21. The molecule has 0 saturated carbocycles. The Morgan fingerprint density at radius 2 is 1.56 bits per heavy atom. The van der Waals surface area contributed by atoms with Crippen molar-refractivity contribution in [2.75, 3.05) is 31.1 Å². The Kier molecular flexibility index (Phi) is 5.55. The lowest BCUT2D eigenvalue weighted by Gasteiger charge is -2.36. The molecule has 0 amide bonds. The Bertz CT molecular complexity index is 1300. The molecule has 3 aromatic carbocycles. The van der Waals surface area contributed by atoms with Gasteiger partial charge in [0, 0.05) is 48.0 Å². The van der Waals surface area contributed by atoms with Gasteiger partial charge in [0.2, 0.25) is 0 Å². The maximum Gasteiger partial charge on any atom is 0.421 e. The number of oxazole rings is 1. The number of hydrogen-bond acceptors (Lipinski definition) is 5. The van der Waals surface area contributed by atoms with Crippen molar-refractivity contribution < 1.29 is 9.21 Å². The summed E-state index contributed by atoms with van der Waals surface area (Å²) in [5.74, 6) is -0.540. The number of piperazine rings is 1. The summed E-state index contributed by atoms with van der Waals surface area (Å²) in [6.07, 6.45) is 0. The van der Waals surface area contributed by atoms with Gasteiger partial charge in [-0.05, 0) is 54.6 Å². The first kappa shape index (κ1) is 20.5. The average Bonchev–Trinajstić information content (AvgIpc) is 3.14. The summed E-state index contributed by atoms with van der Waals surface area (Å²) in [5, 5.41) is 0.577. The van der Waals surface area contributed by atoms with Crippen LogP contribution in [0.3, 0.4) is 0 Å². The molecule has 0 radical (unpaired) electrons. The van der Waals surface area contributed by atoms with Crippen molar-refractivity contribution >= 4 is 34.2 Å². The van der Waals surface area contributed by atoms with E-state index < -0.39 is 5.76 Å². The molecular weight excluding hydrogens is 426 g/mol. The second-order valence-electron chi connectivity index (χ2n) is 7.90. The fourth-order valence-corrected chi connectivity index (χ4v) is 4.22. The monoisotopic (exact) mass is 447 g/mol. The maximum absolute atomic E-state index is 12.9. The molecule has 1 saturated heterocycles. The van der Waals surface area contributed by atoms with E-state index in [1.165, 1.54) is 5.69 Å². The number of fused-ring (bicyclic) bond motifs is 1. The van der Waals surface area contributed by atoms with Crippen LogP contribution < -0.4 is 10.7 Å². The van der Waals surface area contributed by atoms with Gasteiger partial charge in [-0.1, -0.05) is 29.8 Å². The smallest absolute Gasteiger partial charge is 0.408 e. The molecule has 162 valence electrons. The van der Waals surface area contributed by atoms with Crippen molar-refractivity contribution in [3.8, 4) is 0 Å². The van der Waals surface area contributed by atoms with E-state index in [0.717, 1.165) is 26.2 Å². The number of hydrogen-bond donors (Lipinski definition) is 0. The molecule has 1 aliphatic rings. The van der Waals surface area contributed by atoms with Crippen molar-refractivity contribution in [3.05, 3.63) is 99.5 Å². The van der Waals surface area contributed by atoms with Gasteiger partial charge in [0.05, 0.1) is 12.2 Å². The molecular formula is C25H22ClN3O3. The third-order valence-corrected chi connectivity index (χ3v) is 6.12. The van der Waals surface area contributed by atoms with Crippen LogP contribution in [-0.4, -0.2) is 41.4 Å². The van der Waals surface area contributed by atoms with E-state index in [1.54, 1.807) is 47.0 Å². The van der Waals surface area contributed by atoms with Crippen LogP contribution in [0.4, 0.5) is 5.69 Å². The number of para-hydroxylation sites is 1. The fraction of sp³-hybridized carbons (Fsp3) is 0.200. The molecule has 32 heavy (non-hydrogen) atoms. The Labute approximate surface area is 190 Å². The first-order valence-electron chi connectivity index (χ1n) is 10.5. The topological polar surface area (TPSA) is 58.7 Å². The molecule has 7 heteroatoms. The van der Waals surface area contributed by atoms with E-state index in [0.29, 0.717) is 33.9 Å². The summed E-state index contributed by atoms with van der Waals surface area (Å²) in [6, 6.07) is 22.2. The van der Waals surface area contributed by atoms with E-state index in [-0.39, 0.29) is 5.78 Å². The van der Waals surface area contributed by atoms with Gasteiger partial charge in [-0.25, -0.2) is 4.79 Å². The Morgan fingerprint density at radius 1 is 0.875 bits per heavy atom. The van der Waals surface area contributed by atoms with Crippen LogP contribution in [0.25, 0.3) is 11.1 Å². The number of ketones is 1. The van der Waals surface area contributed by atoms with Gasteiger partial charge >= 0.3 is 5.76 Å². The first-order valence-corrected chi connectivity index (χ1v) is 10.9. The van der Waals surface area contributed by atoms with Crippen LogP contribution in [0.2, 0.25) is 5.02 Å². The molecule has 0 aliphatic carbocycles. The molecule has 0 unspecified atom stereocenters. The molecule has 0 N–H and O–H groups in total. The molecule has 5 rings (SSSR count). The van der Waals surface area contributed by atoms with Crippen LogP contribution >= 0.6 is 11.6 Å². The molecule has 0 spiro atoms. The molecule has 1 fully saturated rings. The Balaban J connectivity index is 1.36. The number of nitrogens with zero attached hydrogens (tertiary/aromatic N) is 3. The minimum Gasteiger partial charge on any atom is -0.408 e. The highest BCUT2D eigenvalue weighted by Gasteiger charge is 2.20. The Morgan fingerprint density at radius 3 is 2.28 bits per heavy atom. The van der Waals surface area contributed by atoms with Crippen LogP contribution in [0, 0.1) is 0 Å². The van der Waals surface area contributed by atoms with Crippen molar-refractivity contribution in [2.45, 2.75) is 6.67 Å². The van der Waals surface area contributed by atoms with Gasteiger partial charge < -0.3 is 9.32 Å². The molecule has 4 aromatic rings. The zero-order valence-corrected chi connectivity index (χ0v) is 18.2. The van der Waals surface area contributed by atoms with Crippen LogP contribution in [0.1, 0.15) is 15.9 Å². The normalized spacial score (nSPS) is 14.7. The number of aromatic nitrogens is 1. The molecule has 2 heterocycles. The predicted octanol–water partition coefficient (Wildman–Crippen LogP) is 4.26. The van der Waals surface area contributed by atoms with Crippen molar-refractivity contribution in [3.63, 3.8) is 0 Å². The second kappa shape index (κ2) is 8.65. The lowest BCUT2D eigenvalue weighted by molar-refractivity contribution is 0.103. The van der Waals surface area contributed by atoms with Gasteiger partial charge in [-0.2, -0.15) is 0 Å². The minimum absolute atomic E-state index is 0.125. The molecule has 6 nitrogen and oxygen atoms in total. The van der Waals surface area contributed by atoms with Gasteiger partial charge in [-0.15, -0.1) is 0 Å². The summed E-state index contributed by atoms with van der Waals surface area (Å²) >= 11 is 5.93. The summed E-state index contributed by atoms with van der Waals surface area (Å²) in [6.45, 7) is 3.85. The van der Waals surface area contributed by atoms with Crippen LogP contribution in [-0.2, 0) is 6.67 Å². The van der Waals surface area contributed by atoms with Gasteiger partial charge in [0.15, 0.2) is 11.4 Å². The highest BCUT2D eigenvalue weighted by atomic mass is 35.5. The van der Waals surface area contributed by atoms with Crippen LogP contribution in [0.5, 0.6) is 0 Å². The van der Waals surface area contributed by atoms with Crippen molar-refractivity contribution in [1.29, 1.82) is 0 Å². The molecule has 1 aliphatic heterocycles. The van der Waals surface area contributed by atoms with Gasteiger partial charge in [0.1, 0.15) is 0 Å². The van der Waals surface area contributed by atoms with Crippen molar-refractivity contribution in [1.82, 2.24) is 9.47 Å². The zero-order chi connectivity index (χ0) is 22.1. The molecule has 0 atom stereocenters. The summed E-state index contributed by atoms with van der Waals surface area (Å²) < 4.78 is 7.03. The number of halogens is 1. The zero-order valence-electron chi connectivity index (χ0n) is 17.4. The maximum atomic E-state index is 12.9. The SMILES string of the molecule is O=C(c1ccc(Cl)cc1)c1ccc2oc(=O)n(CN3CCN(c4ccccc4)CC3)c2c1. The summed E-state index contributed by atoms with van der Waals surface area (Å²) in [5.41, 5.74) is 3.36. The largest absolute Gasteiger partial charge is 0.421 e. The van der Waals surface area contributed by atoms with E-state index in [4.69, 9.17) is 16.0 Å². The minimum atomic E-state index is -0.415.